The second-order valence-electron chi connectivity index (χ2n) is 8.72. The summed E-state index contributed by atoms with van der Waals surface area (Å²) in [5.74, 6) is -0.376. The fraction of sp³-hybridized carbons (Fsp3) is 0.400. The zero-order valence-corrected chi connectivity index (χ0v) is 18.4. The van der Waals surface area contributed by atoms with E-state index in [1.807, 2.05) is 23.2 Å². The molecule has 0 aromatic heterocycles. The van der Waals surface area contributed by atoms with Crippen LogP contribution in [0.5, 0.6) is 0 Å². The molecule has 1 N–H and O–H groups in total. The van der Waals surface area contributed by atoms with Gasteiger partial charge in [0, 0.05) is 44.4 Å². The number of nitrogens with zero attached hydrogens (tertiary/aromatic N) is 2. The number of carbonyl (C=O) groups is 3. The molecule has 1 aromatic carbocycles. The lowest BCUT2D eigenvalue weighted by Gasteiger charge is -2.29. The molecule has 0 spiro atoms. The lowest BCUT2D eigenvalue weighted by Crippen LogP contribution is -2.50. The van der Waals surface area contributed by atoms with Crippen LogP contribution in [0, 0.1) is 0 Å². The van der Waals surface area contributed by atoms with E-state index in [2.05, 4.69) is 22.3 Å². The maximum Gasteiger partial charge on any atom is 0.249 e. The normalized spacial score (nSPS) is 23.5. The van der Waals surface area contributed by atoms with Gasteiger partial charge in [-0.3, -0.25) is 24.6 Å². The molecule has 1 aliphatic carbocycles. The number of piperidine rings is 1. The summed E-state index contributed by atoms with van der Waals surface area (Å²) in [5, 5.41) is 2.39. The predicted molar refractivity (Wildman–Crippen MR) is 119 cm³/mol. The quantitative estimate of drug-likeness (QED) is 0.658. The Morgan fingerprint density at radius 2 is 1.79 bits per heavy atom. The van der Waals surface area contributed by atoms with Crippen molar-refractivity contribution in [3.8, 4) is 0 Å². The molecule has 8 heteroatoms. The average Bonchev–Trinajstić information content (AvgIpc) is 3.24. The summed E-state index contributed by atoms with van der Waals surface area (Å²) >= 11 is 0. The third kappa shape index (κ3) is 4.77. The van der Waals surface area contributed by atoms with Crippen LogP contribution in [0.2, 0.25) is 0 Å². The van der Waals surface area contributed by atoms with Crippen LogP contribution in [0.25, 0.3) is 0 Å². The van der Waals surface area contributed by atoms with Crippen molar-refractivity contribution in [2.75, 3.05) is 32.8 Å². The Hall–Kier alpha value is -3.23. The zero-order chi connectivity index (χ0) is 22.8. The van der Waals surface area contributed by atoms with Crippen LogP contribution in [0.15, 0.2) is 59.5 Å². The maximum atomic E-state index is 12.6. The van der Waals surface area contributed by atoms with Crippen LogP contribution in [-0.4, -0.2) is 66.3 Å². The van der Waals surface area contributed by atoms with E-state index < -0.39 is 6.04 Å². The molecule has 0 bridgehead atoms. The molecule has 0 unspecified atom stereocenters. The predicted octanol–water partition coefficient (Wildman–Crippen LogP) is 1.43. The number of imide groups is 1. The Labute approximate surface area is 192 Å². The van der Waals surface area contributed by atoms with Crippen molar-refractivity contribution in [3.63, 3.8) is 0 Å². The van der Waals surface area contributed by atoms with Crippen LogP contribution < -0.4 is 5.32 Å². The van der Waals surface area contributed by atoms with Gasteiger partial charge in [-0.1, -0.05) is 24.3 Å². The monoisotopic (exact) mass is 449 g/mol. The van der Waals surface area contributed by atoms with Gasteiger partial charge in [-0.05, 0) is 35.3 Å². The van der Waals surface area contributed by atoms with E-state index in [9.17, 15) is 14.4 Å². The van der Waals surface area contributed by atoms with Crippen molar-refractivity contribution in [2.45, 2.75) is 32.0 Å². The largest absolute Gasteiger partial charge is 0.484 e. The molecular formula is C25H27N3O5. The minimum absolute atomic E-state index is 0.170. The lowest BCUT2D eigenvalue weighted by molar-refractivity contribution is -0.136. The minimum Gasteiger partial charge on any atom is -0.484 e. The molecule has 3 aliphatic heterocycles. The highest BCUT2D eigenvalue weighted by molar-refractivity contribution is 6.06. The number of allylic oxidation sites excluding steroid dienone is 2. The maximum absolute atomic E-state index is 12.6. The van der Waals surface area contributed by atoms with Crippen molar-refractivity contribution in [1.29, 1.82) is 0 Å². The minimum atomic E-state index is -0.419. The fourth-order valence-electron chi connectivity index (χ4n) is 4.58. The molecule has 1 aromatic rings. The third-order valence-corrected chi connectivity index (χ3v) is 6.43. The zero-order valence-electron chi connectivity index (χ0n) is 18.4. The van der Waals surface area contributed by atoms with Gasteiger partial charge in [-0.2, -0.15) is 0 Å². The van der Waals surface area contributed by atoms with Crippen molar-refractivity contribution in [2.24, 2.45) is 0 Å². The Morgan fingerprint density at radius 1 is 1.03 bits per heavy atom. The molecule has 1 atom stereocenters. The molecule has 4 aliphatic rings. The number of hydrogen-bond donors (Lipinski definition) is 1. The van der Waals surface area contributed by atoms with Gasteiger partial charge in [0.1, 0.15) is 12.6 Å². The van der Waals surface area contributed by atoms with Crippen LogP contribution in [0.4, 0.5) is 0 Å². The molecular weight excluding hydrogens is 422 g/mol. The summed E-state index contributed by atoms with van der Waals surface area (Å²) in [6, 6.07) is 7.84. The van der Waals surface area contributed by atoms with E-state index in [4.69, 9.17) is 9.47 Å². The van der Waals surface area contributed by atoms with Crippen LogP contribution in [-0.2, 0) is 37.0 Å². The first-order valence-corrected chi connectivity index (χ1v) is 11.3. The summed E-state index contributed by atoms with van der Waals surface area (Å²) in [7, 11) is 0. The topological polar surface area (TPSA) is 88.2 Å². The van der Waals surface area contributed by atoms with Crippen molar-refractivity contribution in [1.82, 2.24) is 15.1 Å². The number of ether oxygens (including phenoxy) is 2. The summed E-state index contributed by atoms with van der Waals surface area (Å²) < 4.78 is 11.4. The van der Waals surface area contributed by atoms with E-state index in [-0.39, 0.29) is 17.6 Å². The first kappa shape index (κ1) is 21.6. The molecule has 172 valence electrons. The number of ketones is 1. The van der Waals surface area contributed by atoms with E-state index in [0.29, 0.717) is 31.8 Å². The van der Waals surface area contributed by atoms with E-state index in [1.165, 1.54) is 11.6 Å². The molecule has 3 heterocycles. The Bertz CT molecular complexity index is 1050. The van der Waals surface area contributed by atoms with Crippen molar-refractivity contribution >= 4 is 17.6 Å². The Kier molecular flexibility index (Phi) is 6.11. The first-order valence-electron chi connectivity index (χ1n) is 11.3. The van der Waals surface area contributed by atoms with Gasteiger partial charge >= 0.3 is 0 Å². The first-order chi connectivity index (χ1) is 16.1. The lowest BCUT2D eigenvalue weighted by atomic mass is 10.00. The number of carbonyl (C=O) groups excluding carboxylic acids is 3. The van der Waals surface area contributed by atoms with Crippen LogP contribution >= 0.6 is 0 Å². The van der Waals surface area contributed by atoms with Gasteiger partial charge in [-0.25, -0.2) is 0 Å². The number of benzene rings is 1. The number of morpholine rings is 1. The summed E-state index contributed by atoms with van der Waals surface area (Å²) in [5.41, 5.74) is 3.88. The summed E-state index contributed by atoms with van der Waals surface area (Å²) in [4.78, 5) is 40.6. The fourth-order valence-corrected chi connectivity index (χ4v) is 4.58. The molecule has 0 radical (unpaired) electrons. The van der Waals surface area contributed by atoms with Crippen LogP contribution in [0.1, 0.15) is 24.0 Å². The summed E-state index contributed by atoms with van der Waals surface area (Å²) in [6.45, 7) is 5.06. The van der Waals surface area contributed by atoms with Gasteiger partial charge in [0.05, 0.1) is 13.2 Å². The standard InChI is InChI=1S/C25H27N3O5/c29-22-7-5-19-14-28(21-6-8-23(30)26-25(21)31)15-20(19)24(22)33-16-18-3-1-17(2-4-18)13-27-9-11-32-12-10-27/h1-5,7,14,21H,6,8-13,15-16H2,(H,26,30,31)/t21-/m0/s1. The average molecular weight is 450 g/mol. The SMILES string of the molecule is O=C1CC[C@H](N2C=C3C=CC(=O)C(OCc4ccc(CN5CCOCC5)cc4)=C3C2)C(=O)N1. The Morgan fingerprint density at radius 3 is 2.55 bits per heavy atom. The van der Waals surface area contributed by atoms with Crippen LogP contribution in [0.3, 0.4) is 0 Å². The van der Waals surface area contributed by atoms with Gasteiger partial charge in [0.2, 0.25) is 17.6 Å². The molecule has 2 amide bonds. The third-order valence-electron chi connectivity index (χ3n) is 6.43. The summed E-state index contributed by atoms with van der Waals surface area (Å²) in [6.07, 6.45) is 5.92. The van der Waals surface area contributed by atoms with E-state index in [0.717, 1.165) is 49.6 Å². The molecule has 5 rings (SSSR count). The second-order valence-corrected chi connectivity index (χ2v) is 8.72. The van der Waals surface area contributed by atoms with Crippen molar-refractivity contribution in [3.05, 3.63) is 70.6 Å². The second kappa shape index (κ2) is 9.33. The van der Waals surface area contributed by atoms with E-state index in [1.54, 1.807) is 6.08 Å². The highest BCUT2D eigenvalue weighted by atomic mass is 16.5. The molecule has 2 saturated heterocycles. The highest BCUT2D eigenvalue weighted by Gasteiger charge is 2.36. The molecule has 0 saturated carbocycles. The number of hydrogen-bond acceptors (Lipinski definition) is 7. The highest BCUT2D eigenvalue weighted by Crippen LogP contribution is 2.32. The number of fused-ring (bicyclic) bond motifs is 1. The smallest absolute Gasteiger partial charge is 0.249 e. The van der Waals surface area contributed by atoms with Gasteiger partial charge in [-0.15, -0.1) is 0 Å². The molecule has 8 nitrogen and oxygen atoms in total. The van der Waals surface area contributed by atoms with E-state index >= 15 is 0 Å². The number of amides is 2. The number of nitrogens with one attached hydrogen (secondary N) is 1. The molecule has 33 heavy (non-hydrogen) atoms. The number of rotatable bonds is 6. The molecule has 2 fully saturated rings. The Balaban J connectivity index is 1.23. The van der Waals surface area contributed by atoms with Gasteiger partial charge in [0.25, 0.3) is 0 Å². The van der Waals surface area contributed by atoms with Gasteiger partial charge in [0.15, 0.2) is 5.76 Å². The van der Waals surface area contributed by atoms with Gasteiger partial charge < -0.3 is 14.4 Å². The van der Waals surface area contributed by atoms with Crippen molar-refractivity contribution < 1.29 is 23.9 Å².